The summed E-state index contributed by atoms with van der Waals surface area (Å²) >= 11 is 0. The number of imide groups is 1. The van der Waals surface area contributed by atoms with Gasteiger partial charge in [0, 0.05) is 25.8 Å². The molecule has 1 fully saturated rings. The average molecular weight is 213 g/mol. The van der Waals surface area contributed by atoms with Crippen LogP contribution < -0.4 is 11.2 Å². The highest BCUT2D eigenvalue weighted by molar-refractivity contribution is 5.96. The zero-order valence-electron chi connectivity index (χ0n) is 8.49. The predicted molar refractivity (Wildman–Crippen MR) is 52.1 cm³/mol. The lowest BCUT2D eigenvalue weighted by atomic mass is 10.1. The average Bonchev–Trinajstić information content (AvgIpc) is 2.15. The smallest absolute Gasteiger partial charge is 0.243 e. The van der Waals surface area contributed by atoms with Crippen molar-refractivity contribution in [2.75, 3.05) is 6.54 Å². The van der Waals surface area contributed by atoms with Crippen molar-refractivity contribution >= 4 is 17.7 Å². The molecule has 0 saturated carbocycles. The molecule has 0 aromatic carbocycles. The van der Waals surface area contributed by atoms with Crippen LogP contribution in [0.25, 0.3) is 0 Å². The van der Waals surface area contributed by atoms with E-state index in [1.54, 1.807) is 0 Å². The molecule has 3 amide bonds. The van der Waals surface area contributed by atoms with Crippen molar-refractivity contribution in [1.82, 2.24) is 10.4 Å². The second-order valence-corrected chi connectivity index (χ2v) is 3.45. The first-order chi connectivity index (χ1) is 7.11. The third-order valence-corrected chi connectivity index (χ3v) is 2.15. The number of carbonyl (C=O) groups excluding carboxylic acids is 3. The number of hydrogen-bond donors (Lipinski definition) is 2. The lowest BCUT2D eigenvalue weighted by molar-refractivity contribution is -0.152. The van der Waals surface area contributed by atoms with E-state index in [-0.39, 0.29) is 24.1 Å². The Morgan fingerprint density at radius 3 is 2.47 bits per heavy atom. The van der Waals surface area contributed by atoms with Crippen LogP contribution in [0, 0.1) is 0 Å². The number of nitrogens with one attached hydrogen (secondary N) is 1. The van der Waals surface area contributed by atoms with Crippen molar-refractivity contribution in [2.24, 2.45) is 5.73 Å². The number of piperidine rings is 1. The van der Waals surface area contributed by atoms with Gasteiger partial charge in [0.25, 0.3) is 0 Å². The van der Waals surface area contributed by atoms with E-state index in [0.717, 1.165) is 5.01 Å². The summed E-state index contributed by atoms with van der Waals surface area (Å²) in [6, 6.07) is 0. The largest absolute Gasteiger partial charge is 0.370 e. The van der Waals surface area contributed by atoms with Crippen molar-refractivity contribution in [3.8, 4) is 0 Å². The molecule has 1 aliphatic heterocycles. The van der Waals surface area contributed by atoms with Gasteiger partial charge in [-0.25, -0.2) is 10.4 Å². The first-order valence-corrected chi connectivity index (χ1v) is 4.99. The maximum atomic E-state index is 11.3. The summed E-state index contributed by atoms with van der Waals surface area (Å²) in [4.78, 5) is 33.0. The van der Waals surface area contributed by atoms with Gasteiger partial charge in [-0.15, -0.1) is 0 Å². The van der Waals surface area contributed by atoms with Gasteiger partial charge in [0.2, 0.25) is 17.7 Å². The standard InChI is InChI=1S/C9H15N3O3/c10-7(13)3-2-6-11-12-8(14)4-1-5-9(12)15/h11H,1-6H2,(H2,10,13). The molecule has 15 heavy (non-hydrogen) atoms. The number of rotatable bonds is 5. The van der Waals surface area contributed by atoms with Crippen molar-refractivity contribution in [3.05, 3.63) is 0 Å². The van der Waals surface area contributed by atoms with E-state index in [1.165, 1.54) is 0 Å². The van der Waals surface area contributed by atoms with E-state index in [9.17, 15) is 14.4 Å². The van der Waals surface area contributed by atoms with Crippen molar-refractivity contribution < 1.29 is 14.4 Å². The second-order valence-electron chi connectivity index (χ2n) is 3.45. The minimum absolute atomic E-state index is 0.203. The third-order valence-electron chi connectivity index (χ3n) is 2.15. The topological polar surface area (TPSA) is 92.5 Å². The minimum Gasteiger partial charge on any atom is -0.370 e. The van der Waals surface area contributed by atoms with Crippen LogP contribution in [0.4, 0.5) is 0 Å². The van der Waals surface area contributed by atoms with Crippen molar-refractivity contribution in [3.63, 3.8) is 0 Å². The van der Waals surface area contributed by atoms with Gasteiger partial charge in [-0.1, -0.05) is 0 Å². The summed E-state index contributed by atoms with van der Waals surface area (Å²) in [6.45, 7) is 0.403. The molecule has 6 nitrogen and oxygen atoms in total. The fraction of sp³-hybridized carbons (Fsp3) is 0.667. The molecule has 0 aliphatic carbocycles. The van der Waals surface area contributed by atoms with Crippen LogP contribution in [-0.4, -0.2) is 29.3 Å². The fourth-order valence-electron chi connectivity index (χ4n) is 1.38. The molecular weight excluding hydrogens is 198 g/mol. The highest BCUT2D eigenvalue weighted by Gasteiger charge is 2.25. The molecule has 84 valence electrons. The molecule has 0 bridgehead atoms. The van der Waals surface area contributed by atoms with E-state index >= 15 is 0 Å². The fourth-order valence-corrected chi connectivity index (χ4v) is 1.38. The molecule has 1 saturated heterocycles. The predicted octanol–water partition coefficient (Wildman–Crippen LogP) is -0.704. The van der Waals surface area contributed by atoms with Crippen LogP contribution in [0.15, 0.2) is 0 Å². The molecule has 1 heterocycles. The van der Waals surface area contributed by atoms with Crippen LogP contribution in [-0.2, 0) is 14.4 Å². The second kappa shape index (κ2) is 5.45. The number of hydrogen-bond acceptors (Lipinski definition) is 4. The lowest BCUT2D eigenvalue weighted by Gasteiger charge is -2.25. The van der Waals surface area contributed by atoms with Crippen molar-refractivity contribution in [1.29, 1.82) is 0 Å². The zero-order valence-corrected chi connectivity index (χ0v) is 8.49. The molecule has 6 heteroatoms. The van der Waals surface area contributed by atoms with E-state index in [2.05, 4.69) is 5.43 Å². The Morgan fingerprint density at radius 1 is 1.33 bits per heavy atom. The van der Waals surface area contributed by atoms with Gasteiger partial charge in [0.05, 0.1) is 0 Å². The van der Waals surface area contributed by atoms with Crippen LogP contribution in [0.1, 0.15) is 32.1 Å². The number of amides is 3. The molecule has 1 aliphatic rings. The lowest BCUT2D eigenvalue weighted by Crippen LogP contribution is -2.49. The molecular formula is C9H15N3O3. The zero-order chi connectivity index (χ0) is 11.3. The number of primary amides is 1. The van der Waals surface area contributed by atoms with Gasteiger partial charge in [0.1, 0.15) is 0 Å². The Balaban J connectivity index is 2.26. The summed E-state index contributed by atoms with van der Waals surface area (Å²) in [5, 5.41) is 1.05. The minimum atomic E-state index is -0.381. The van der Waals surface area contributed by atoms with Crippen LogP contribution in [0.5, 0.6) is 0 Å². The summed E-state index contributed by atoms with van der Waals surface area (Å²) in [6.07, 6.45) is 2.19. The Kier molecular flexibility index (Phi) is 4.23. The first-order valence-electron chi connectivity index (χ1n) is 4.99. The van der Waals surface area contributed by atoms with Gasteiger partial charge >= 0.3 is 0 Å². The number of hydrazine groups is 1. The van der Waals surface area contributed by atoms with E-state index in [4.69, 9.17) is 5.73 Å². The Hall–Kier alpha value is -1.43. The summed E-state index contributed by atoms with van der Waals surface area (Å²) in [5.74, 6) is -0.788. The normalized spacial score (nSPS) is 16.9. The van der Waals surface area contributed by atoms with Gasteiger partial charge in [-0.05, 0) is 12.8 Å². The number of nitrogens with zero attached hydrogens (tertiary/aromatic N) is 1. The number of carbonyl (C=O) groups is 3. The Morgan fingerprint density at radius 2 is 1.93 bits per heavy atom. The summed E-state index contributed by atoms with van der Waals surface area (Å²) < 4.78 is 0. The highest BCUT2D eigenvalue weighted by Crippen LogP contribution is 2.09. The SMILES string of the molecule is NC(=O)CCCNN1C(=O)CCCC1=O. The van der Waals surface area contributed by atoms with E-state index < -0.39 is 0 Å². The van der Waals surface area contributed by atoms with Crippen LogP contribution in [0.3, 0.4) is 0 Å². The molecule has 0 spiro atoms. The molecule has 0 radical (unpaired) electrons. The quantitative estimate of drug-likeness (QED) is 0.466. The Labute approximate surface area is 87.8 Å². The summed E-state index contributed by atoms with van der Waals surface area (Å²) in [7, 11) is 0. The monoisotopic (exact) mass is 213 g/mol. The van der Waals surface area contributed by atoms with E-state index in [1.807, 2.05) is 0 Å². The maximum Gasteiger partial charge on any atom is 0.243 e. The molecule has 0 aromatic heterocycles. The van der Waals surface area contributed by atoms with Gasteiger partial charge in [-0.3, -0.25) is 14.4 Å². The maximum absolute atomic E-state index is 11.3. The Bertz CT molecular complexity index is 262. The summed E-state index contributed by atoms with van der Waals surface area (Å²) in [5.41, 5.74) is 7.66. The van der Waals surface area contributed by atoms with Crippen LogP contribution >= 0.6 is 0 Å². The van der Waals surface area contributed by atoms with Gasteiger partial charge in [-0.2, -0.15) is 0 Å². The molecule has 0 aromatic rings. The molecule has 0 unspecified atom stereocenters. The number of nitrogens with two attached hydrogens (primary N) is 1. The first kappa shape index (κ1) is 11.6. The van der Waals surface area contributed by atoms with Crippen LogP contribution in [0.2, 0.25) is 0 Å². The molecule has 0 atom stereocenters. The highest BCUT2D eigenvalue weighted by atomic mass is 16.2. The molecule has 1 rings (SSSR count). The van der Waals surface area contributed by atoms with Gasteiger partial charge < -0.3 is 5.73 Å². The van der Waals surface area contributed by atoms with Crippen molar-refractivity contribution in [2.45, 2.75) is 32.1 Å². The van der Waals surface area contributed by atoms with Gasteiger partial charge in [0.15, 0.2) is 0 Å². The van der Waals surface area contributed by atoms with E-state index in [0.29, 0.717) is 32.2 Å². The molecule has 3 N–H and O–H groups in total. The third kappa shape index (κ3) is 3.67.